The number of benzene rings is 1. The maximum atomic E-state index is 13.1. The number of H-pyrrole nitrogens is 1. The number of hydrogen-bond acceptors (Lipinski definition) is 5. The largest absolute Gasteiger partial charge is 0.493 e. The topological polar surface area (TPSA) is 87.5 Å². The molecule has 0 amide bonds. The highest BCUT2D eigenvalue weighted by molar-refractivity contribution is 5.95. The van der Waals surface area contributed by atoms with E-state index >= 15 is 0 Å². The second-order valence-corrected chi connectivity index (χ2v) is 6.79. The van der Waals surface area contributed by atoms with Gasteiger partial charge in [-0.15, -0.1) is 0 Å². The molecule has 0 radical (unpaired) electrons. The van der Waals surface area contributed by atoms with Crippen LogP contribution in [0.1, 0.15) is 0 Å². The molecule has 0 fully saturated rings. The average molecular weight is 407 g/mol. The van der Waals surface area contributed by atoms with E-state index in [-0.39, 0.29) is 16.9 Å². The number of aryl methyl sites for hydroxylation is 2. The van der Waals surface area contributed by atoms with Crippen molar-refractivity contribution in [3.63, 3.8) is 0 Å². The van der Waals surface area contributed by atoms with E-state index in [1.54, 1.807) is 63.0 Å². The Kier molecular flexibility index (Phi) is 4.83. The zero-order valence-electron chi connectivity index (χ0n) is 17.1. The van der Waals surface area contributed by atoms with E-state index in [9.17, 15) is 9.59 Å². The molecule has 3 aromatic heterocycles. The fourth-order valence-electron chi connectivity index (χ4n) is 3.42. The number of para-hydroxylation sites is 1. The molecule has 0 aliphatic heterocycles. The third kappa shape index (κ3) is 3.02. The van der Waals surface area contributed by atoms with Gasteiger partial charge in [-0.3, -0.25) is 9.59 Å². The minimum atomic E-state index is -0.335. The molecule has 0 bridgehead atoms. The first-order valence-corrected chi connectivity index (χ1v) is 9.21. The standard InChI is InChI=1S/C22H21N3O5/c1-24-11-9-14(15-12-25(2)21(26)18-13(15)8-10-23-18)19(22(24)27)30-20-16(28-3)6-5-7-17(20)29-4/h5-12,23H,1-4H3. The van der Waals surface area contributed by atoms with Crippen molar-refractivity contribution in [3.05, 3.63) is 69.6 Å². The number of rotatable bonds is 5. The summed E-state index contributed by atoms with van der Waals surface area (Å²) < 4.78 is 19.8. The van der Waals surface area contributed by atoms with E-state index in [2.05, 4.69) is 4.98 Å². The summed E-state index contributed by atoms with van der Waals surface area (Å²) in [5.74, 6) is 1.25. The SMILES string of the molecule is COc1cccc(OC)c1Oc1c(-c2cn(C)c(=O)c3[nH]ccc23)ccn(C)c1=O. The van der Waals surface area contributed by atoms with Crippen molar-refractivity contribution in [1.82, 2.24) is 14.1 Å². The number of pyridine rings is 2. The molecule has 0 aliphatic rings. The lowest BCUT2D eigenvalue weighted by Gasteiger charge is -2.17. The van der Waals surface area contributed by atoms with Crippen LogP contribution in [0.2, 0.25) is 0 Å². The van der Waals surface area contributed by atoms with Crippen molar-refractivity contribution in [2.45, 2.75) is 0 Å². The predicted molar refractivity (Wildman–Crippen MR) is 114 cm³/mol. The molecule has 1 aromatic carbocycles. The van der Waals surface area contributed by atoms with Gasteiger partial charge in [-0.25, -0.2) is 0 Å². The van der Waals surface area contributed by atoms with Gasteiger partial charge in [0.05, 0.1) is 14.2 Å². The van der Waals surface area contributed by atoms with Gasteiger partial charge in [0.1, 0.15) is 5.52 Å². The van der Waals surface area contributed by atoms with Gasteiger partial charge in [0.25, 0.3) is 11.1 Å². The van der Waals surface area contributed by atoms with Gasteiger partial charge in [0.2, 0.25) is 11.5 Å². The Morgan fingerprint density at radius 3 is 2.20 bits per heavy atom. The van der Waals surface area contributed by atoms with Crippen LogP contribution in [-0.2, 0) is 14.1 Å². The van der Waals surface area contributed by atoms with Crippen molar-refractivity contribution in [2.24, 2.45) is 14.1 Å². The molecular formula is C22H21N3O5. The molecule has 4 rings (SSSR count). The van der Waals surface area contributed by atoms with Gasteiger partial charge in [0, 0.05) is 49.2 Å². The van der Waals surface area contributed by atoms with E-state index in [4.69, 9.17) is 14.2 Å². The Morgan fingerprint density at radius 2 is 1.53 bits per heavy atom. The summed E-state index contributed by atoms with van der Waals surface area (Å²) in [7, 11) is 6.34. The van der Waals surface area contributed by atoms with Crippen LogP contribution in [0.25, 0.3) is 22.0 Å². The quantitative estimate of drug-likeness (QED) is 0.549. The van der Waals surface area contributed by atoms with Gasteiger partial charge in [-0.2, -0.15) is 0 Å². The van der Waals surface area contributed by atoms with E-state index < -0.39 is 0 Å². The molecule has 0 unspecified atom stereocenters. The fourth-order valence-corrected chi connectivity index (χ4v) is 3.42. The van der Waals surface area contributed by atoms with Crippen molar-refractivity contribution in [1.29, 1.82) is 0 Å². The lowest BCUT2D eigenvalue weighted by molar-refractivity contribution is 0.344. The van der Waals surface area contributed by atoms with Crippen molar-refractivity contribution in [2.75, 3.05) is 14.2 Å². The van der Waals surface area contributed by atoms with E-state index in [1.165, 1.54) is 23.4 Å². The predicted octanol–water partition coefficient (Wildman–Crippen LogP) is 3.04. The Bertz CT molecular complexity index is 1340. The Labute approximate surface area is 171 Å². The summed E-state index contributed by atoms with van der Waals surface area (Å²) >= 11 is 0. The Balaban J connectivity index is 2.00. The second-order valence-electron chi connectivity index (χ2n) is 6.79. The molecule has 30 heavy (non-hydrogen) atoms. The third-order valence-electron chi connectivity index (χ3n) is 5.00. The Morgan fingerprint density at radius 1 is 0.833 bits per heavy atom. The number of nitrogens with zero attached hydrogens (tertiary/aromatic N) is 2. The number of fused-ring (bicyclic) bond motifs is 1. The van der Waals surface area contributed by atoms with Crippen molar-refractivity contribution < 1.29 is 14.2 Å². The van der Waals surface area contributed by atoms with Crippen LogP contribution in [0.4, 0.5) is 0 Å². The minimum Gasteiger partial charge on any atom is -0.493 e. The molecule has 154 valence electrons. The zero-order chi connectivity index (χ0) is 21.4. The van der Waals surface area contributed by atoms with Gasteiger partial charge in [0.15, 0.2) is 11.5 Å². The maximum absolute atomic E-state index is 13.1. The summed E-state index contributed by atoms with van der Waals surface area (Å²) in [6.07, 6.45) is 5.05. The average Bonchev–Trinajstić information content (AvgIpc) is 3.24. The first kappa shape index (κ1) is 19.4. The molecule has 0 spiro atoms. The number of aromatic amines is 1. The summed E-state index contributed by atoms with van der Waals surface area (Å²) in [4.78, 5) is 28.5. The molecule has 0 atom stereocenters. The van der Waals surface area contributed by atoms with Crippen molar-refractivity contribution >= 4 is 10.9 Å². The fraction of sp³-hybridized carbons (Fsp3) is 0.182. The van der Waals surface area contributed by atoms with Crippen LogP contribution in [0.5, 0.6) is 23.0 Å². The van der Waals surface area contributed by atoms with Gasteiger partial charge in [-0.1, -0.05) is 6.07 Å². The number of ether oxygens (including phenoxy) is 3. The monoisotopic (exact) mass is 407 g/mol. The van der Waals surface area contributed by atoms with Crippen LogP contribution < -0.4 is 25.3 Å². The third-order valence-corrected chi connectivity index (χ3v) is 5.00. The maximum Gasteiger partial charge on any atom is 0.293 e. The van der Waals surface area contributed by atoms with Crippen molar-refractivity contribution in [3.8, 4) is 34.1 Å². The molecular weight excluding hydrogens is 386 g/mol. The summed E-state index contributed by atoms with van der Waals surface area (Å²) in [6.45, 7) is 0. The molecule has 1 N–H and O–H groups in total. The molecule has 8 heteroatoms. The van der Waals surface area contributed by atoms with Crippen LogP contribution in [0, 0.1) is 0 Å². The van der Waals surface area contributed by atoms with E-state index in [0.717, 1.165) is 0 Å². The number of aromatic nitrogens is 3. The highest BCUT2D eigenvalue weighted by Gasteiger charge is 2.21. The van der Waals surface area contributed by atoms with E-state index in [1.807, 2.05) is 0 Å². The summed E-state index contributed by atoms with van der Waals surface area (Å²) in [5.41, 5.74) is 1.20. The first-order chi connectivity index (χ1) is 14.5. The number of hydrogen-bond donors (Lipinski definition) is 1. The van der Waals surface area contributed by atoms with Gasteiger partial charge in [-0.05, 0) is 24.3 Å². The smallest absolute Gasteiger partial charge is 0.293 e. The normalized spacial score (nSPS) is 10.9. The molecule has 0 saturated heterocycles. The van der Waals surface area contributed by atoms with Crippen LogP contribution in [0.15, 0.2) is 58.5 Å². The Hall–Kier alpha value is -3.94. The van der Waals surface area contributed by atoms with Crippen LogP contribution in [0.3, 0.4) is 0 Å². The lowest BCUT2D eigenvalue weighted by Crippen LogP contribution is -2.20. The van der Waals surface area contributed by atoms with Gasteiger partial charge >= 0.3 is 0 Å². The van der Waals surface area contributed by atoms with Gasteiger partial charge < -0.3 is 28.3 Å². The van der Waals surface area contributed by atoms with Crippen LogP contribution in [-0.4, -0.2) is 28.3 Å². The van der Waals surface area contributed by atoms with E-state index in [0.29, 0.717) is 39.3 Å². The summed E-state index contributed by atoms with van der Waals surface area (Å²) in [6, 6.07) is 8.80. The molecule has 0 saturated carbocycles. The number of methoxy groups -OCH3 is 2. The summed E-state index contributed by atoms with van der Waals surface area (Å²) in [5, 5.41) is 0.697. The highest BCUT2D eigenvalue weighted by atomic mass is 16.5. The minimum absolute atomic E-state index is 0.101. The van der Waals surface area contributed by atoms with Crippen LogP contribution >= 0.6 is 0 Å². The highest BCUT2D eigenvalue weighted by Crippen LogP contribution is 2.42. The zero-order valence-corrected chi connectivity index (χ0v) is 17.1. The second kappa shape index (κ2) is 7.47. The molecule has 0 aliphatic carbocycles. The number of nitrogens with one attached hydrogen (secondary N) is 1. The molecule has 8 nitrogen and oxygen atoms in total. The molecule has 4 aromatic rings. The lowest BCUT2D eigenvalue weighted by atomic mass is 10.0. The molecule has 3 heterocycles. The first-order valence-electron chi connectivity index (χ1n) is 9.21.